The molecule has 1 fully saturated rings. The second-order valence-electron chi connectivity index (χ2n) is 4.22. The highest BCUT2D eigenvalue weighted by molar-refractivity contribution is 5.99. The molecule has 1 N–H and O–H groups in total. The van der Waals surface area contributed by atoms with Crippen molar-refractivity contribution in [2.45, 2.75) is 25.3 Å². The fourth-order valence-electron chi connectivity index (χ4n) is 2.18. The van der Waals surface area contributed by atoms with Crippen LogP contribution in [0, 0.1) is 5.82 Å². The highest BCUT2D eigenvalue weighted by Crippen LogP contribution is 2.32. The van der Waals surface area contributed by atoms with Crippen molar-refractivity contribution in [2.75, 3.05) is 6.54 Å². The first-order valence-electron chi connectivity index (χ1n) is 5.66. The molecule has 0 spiro atoms. The molecule has 83 valence electrons. The van der Waals surface area contributed by atoms with Gasteiger partial charge in [0.15, 0.2) is 0 Å². The third-order valence-electron chi connectivity index (χ3n) is 3.03. The Balaban J connectivity index is 1.82. The minimum atomic E-state index is -0.254. The van der Waals surface area contributed by atoms with Crippen LogP contribution in [0.2, 0.25) is 0 Å². The Labute approximate surface area is 93.8 Å². The van der Waals surface area contributed by atoms with Crippen LogP contribution in [-0.4, -0.2) is 18.4 Å². The van der Waals surface area contributed by atoms with Crippen LogP contribution in [0.3, 0.4) is 0 Å². The zero-order valence-electron chi connectivity index (χ0n) is 8.91. The maximum Gasteiger partial charge on any atom is 0.146 e. The van der Waals surface area contributed by atoms with Crippen molar-refractivity contribution < 1.29 is 4.39 Å². The normalized spacial score (nSPS) is 23.6. The highest BCUT2D eigenvalue weighted by atomic mass is 19.1. The summed E-state index contributed by atoms with van der Waals surface area (Å²) >= 11 is 0. The summed E-state index contributed by atoms with van der Waals surface area (Å²) in [5.74, 6) is 0.552. The van der Waals surface area contributed by atoms with Gasteiger partial charge >= 0.3 is 0 Å². The van der Waals surface area contributed by atoms with Crippen molar-refractivity contribution in [3.63, 3.8) is 0 Å². The van der Waals surface area contributed by atoms with Gasteiger partial charge in [-0.1, -0.05) is 6.42 Å². The number of amidine groups is 1. The van der Waals surface area contributed by atoms with Crippen LogP contribution in [0.25, 0.3) is 0 Å². The largest absolute Gasteiger partial charge is 0.307 e. The Morgan fingerprint density at radius 1 is 1.25 bits per heavy atom. The van der Waals surface area contributed by atoms with Crippen LogP contribution in [0.5, 0.6) is 0 Å². The number of aliphatic imine (C=N–C) groups is 1. The fraction of sp³-hybridized carbons (Fsp3) is 0.417. The molecule has 1 aromatic rings. The number of benzene rings is 1. The molecular formula is C12H13FN3. The molecule has 3 nitrogen and oxygen atoms in total. The molecule has 0 saturated carbocycles. The first-order valence-corrected chi connectivity index (χ1v) is 5.66. The number of hydrogen-bond acceptors (Lipinski definition) is 2. The summed E-state index contributed by atoms with van der Waals surface area (Å²) in [7, 11) is 0. The quantitative estimate of drug-likeness (QED) is 0.771. The Morgan fingerprint density at radius 3 is 3.00 bits per heavy atom. The summed E-state index contributed by atoms with van der Waals surface area (Å²) in [5.41, 5.74) is 1.44. The van der Waals surface area contributed by atoms with Crippen molar-refractivity contribution >= 4 is 17.2 Å². The molecule has 2 heterocycles. The van der Waals surface area contributed by atoms with Gasteiger partial charge in [0.1, 0.15) is 11.7 Å². The van der Waals surface area contributed by atoms with Gasteiger partial charge in [-0.2, -0.15) is 0 Å². The van der Waals surface area contributed by atoms with Gasteiger partial charge in [0, 0.05) is 6.07 Å². The van der Waals surface area contributed by atoms with Crippen molar-refractivity contribution in [2.24, 2.45) is 4.99 Å². The highest BCUT2D eigenvalue weighted by Gasteiger charge is 2.25. The summed E-state index contributed by atoms with van der Waals surface area (Å²) in [5, 5.41) is 7.78. The maximum atomic E-state index is 13.0. The summed E-state index contributed by atoms with van der Waals surface area (Å²) in [6, 6.07) is 4.79. The van der Waals surface area contributed by atoms with Gasteiger partial charge in [0.25, 0.3) is 0 Å². The molecule has 1 saturated heterocycles. The monoisotopic (exact) mass is 218 g/mol. The van der Waals surface area contributed by atoms with Gasteiger partial charge in [-0.05, 0) is 31.5 Å². The number of rotatable bonds is 1. The summed E-state index contributed by atoms with van der Waals surface area (Å²) in [6.45, 7) is 1.02. The third-order valence-corrected chi connectivity index (χ3v) is 3.03. The van der Waals surface area contributed by atoms with E-state index in [9.17, 15) is 4.39 Å². The van der Waals surface area contributed by atoms with Crippen LogP contribution >= 0.6 is 0 Å². The van der Waals surface area contributed by atoms with E-state index in [1.807, 2.05) is 0 Å². The second-order valence-corrected chi connectivity index (χ2v) is 4.22. The van der Waals surface area contributed by atoms with E-state index in [2.05, 4.69) is 15.6 Å². The standard InChI is InChI=1S/C12H13FN3/c13-8-4-5-9-11(7-8)16-12(15-9)10-3-1-2-6-14-10/h4-5,7,10,14H,1-3,6H2. The van der Waals surface area contributed by atoms with Crippen LogP contribution in [0.15, 0.2) is 23.2 Å². The molecule has 16 heavy (non-hydrogen) atoms. The van der Waals surface area contributed by atoms with Gasteiger partial charge in [-0.25, -0.2) is 14.7 Å². The van der Waals surface area contributed by atoms with Gasteiger partial charge in [0.2, 0.25) is 0 Å². The van der Waals surface area contributed by atoms with Crippen molar-refractivity contribution in [1.29, 1.82) is 0 Å². The molecule has 1 unspecified atom stereocenters. The molecule has 0 aromatic heterocycles. The molecule has 3 rings (SSSR count). The molecule has 2 aliphatic rings. The van der Waals surface area contributed by atoms with Crippen LogP contribution in [0.4, 0.5) is 15.8 Å². The summed E-state index contributed by atoms with van der Waals surface area (Å²) in [6.07, 6.45) is 3.49. The SMILES string of the molecule is Fc1ccc2c(c1)[N]C(C1CCCCN1)=N2. The number of halogens is 1. The van der Waals surface area contributed by atoms with Gasteiger partial charge < -0.3 is 5.32 Å². The maximum absolute atomic E-state index is 13.0. The van der Waals surface area contributed by atoms with Crippen LogP contribution in [-0.2, 0) is 0 Å². The number of nitrogens with one attached hydrogen (secondary N) is 1. The minimum Gasteiger partial charge on any atom is -0.307 e. The fourth-order valence-corrected chi connectivity index (χ4v) is 2.18. The van der Waals surface area contributed by atoms with E-state index in [1.54, 1.807) is 6.07 Å². The topological polar surface area (TPSA) is 38.5 Å². The van der Waals surface area contributed by atoms with Crippen molar-refractivity contribution in [3.05, 3.63) is 24.0 Å². The van der Waals surface area contributed by atoms with E-state index in [0.717, 1.165) is 24.5 Å². The molecule has 4 heteroatoms. The molecule has 0 amide bonds. The number of nitrogens with zero attached hydrogens (tertiary/aromatic N) is 2. The Morgan fingerprint density at radius 2 is 2.19 bits per heavy atom. The summed E-state index contributed by atoms with van der Waals surface area (Å²) in [4.78, 5) is 4.44. The van der Waals surface area contributed by atoms with Gasteiger partial charge in [-0.15, -0.1) is 0 Å². The minimum absolute atomic E-state index is 0.240. The van der Waals surface area contributed by atoms with Gasteiger partial charge in [-0.3, -0.25) is 0 Å². The Bertz CT molecular complexity index is 436. The predicted octanol–water partition coefficient (Wildman–Crippen LogP) is 2.25. The average molecular weight is 218 g/mol. The molecule has 0 bridgehead atoms. The first-order chi connectivity index (χ1) is 7.83. The molecule has 2 aliphatic heterocycles. The lowest BCUT2D eigenvalue weighted by Gasteiger charge is -2.22. The van der Waals surface area contributed by atoms with E-state index >= 15 is 0 Å². The number of hydrogen-bond donors (Lipinski definition) is 1. The van der Waals surface area contributed by atoms with Crippen LogP contribution in [0.1, 0.15) is 19.3 Å². The molecule has 1 aromatic carbocycles. The zero-order valence-corrected chi connectivity index (χ0v) is 8.91. The summed E-state index contributed by atoms with van der Waals surface area (Å²) < 4.78 is 13.0. The second kappa shape index (κ2) is 3.87. The van der Waals surface area contributed by atoms with Crippen molar-refractivity contribution in [1.82, 2.24) is 10.6 Å². The van der Waals surface area contributed by atoms with E-state index in [4.69, 9.17) is 0 Å². The van der Waals surface area contributed by atoms with E-state index < -0.39 is 0 Å². The predicted molar refractivity (Wildman–Crippen MR) is 60.9 cm³/mol. The van der Waals surface area contributed by atoms with E-state index in [1.165, 1.54) is 25.0 Å². The molecule has 0 aliphatic carbocycles. The van der Waals surface area contributed by atoms with Gasteiger partial charge in [0.05, 0.1) is 17.4 Å². The lowest BCUT2D eigenvalue weighted by Crippen LogP contribution is -2.42. The van der Waals surface area contributed by atoms with Crippen molar-refractivity contribution in [3.8, 4) is 0 Å². The molecular weight excluding hydrogens is 205 g/mol. The molecule has 1 radical (unpaired) electrons. The third kappa shape index (κ3) is 1.69. The molecule has 1 atom stereocenters. The van der Waals surface area contributed by atoms with E-state index in [0.29, 0.717) is 5.69 Å². The Kier molecular flexibility index (Phi) is 2.36. The average Bonchev–Trinajstić information content (AvgIpc) is 2.73. The number of piperidine rings is 1. The number of fused-ring (bicyclic) bond motifs is 1. The lowest BCUT2D eigenvalue weighted by molar-refractivity contribution is 0.468. The smallest absolute Gasteiger partial charge is 0.146 e. The first kappa shape index (κ1) is 9.78. The van der Waals surface area contributed by atoms with E-state index in [-0.39, 0.29) is 11.9 Å². The lowest BCUT2D eigenvalue weighted by atomic mass is 10.0. The Hall–Kier alpha value is -1.42. The zero-order chi connectivity index (χ0) is 11.0. The van der Waals surface area contributed by atoms with Crippen LogP contribution < -0.4 is 10.6 Å².